The highest BCUT2D eigenvalue weighted by molar-refractivity contribution is 6.26. The summed E-state index contributed by atoms with van der Waals surface area (Å²) < 4.78 is 0. The molecule has 0 atom stereocenters. The van der Waals surface area contributed by atoms with Gasteiger partial charge in [0.1, 0.15) is 0 Å². The number of aromatic nitrogens is 3. The van der Waals surface area contributed by atoms with Gasteiger partial charge in [-0.15, -0.1) is 0 Å². The average Bonchev–Trinajstić information content (AvgIpc) is 3.26. The van der Waals surface area contributed by atoms with Crippen LogP contribution in [0.4, 0.5) is 0 Å². The number of pyridine rings is 1. The van der Waals surface area contributed by atoms with Crippen LogP contribution in [0.1, 0.15) is 0 Å². The fourth-order valence-electron chi connectivity index (χ4n) is 7.81. The van der Waals surface area contributed by atoms with E-state index in [0.717, 1.165) is 44.6 Å². The maximum atomic E-state index is 5.24. The number of fused-ring (bicyclic) bond motifs is 10. The predicted molar refractivity (Wildman–Crippen MR) is 227 cm³/mol. The van der Waals surface area contributed by atoms with Gasteiger partial charge in [0, 0.05) is 29.1 Å². The summed E-state index contributed by atoms with van der Waals surface area (Å²) in [5, 5.41) is 12.0. The Morgan fingerprint density at radius 1 is 0.241 bits per heavy atom. The van der Waals surface area contributed by atoms with Crippen LogP contribution in [-0.4, -0.2) is 15.0 Å². The van der Waals surface area contributed by atoms with E-state index in [1.165, 1.54) is 48.5 Å². The van der Waals surface area contributed by atoms with Gasteiger partial charge in [-0.25, -0.2) is 9.97 Å². The summed E-state index contributed by atoms with van der Waals surface area (Å²) in [4.78, 5) is 14.6. The normalized spacial score (nSPS) is 11.3. The largest absolute Gasteiger partial charge is 0.265 e. The van der Waals surface area contributed by atoms with Crippen LogP contribution in [0, 0.1) is 0 Å². The van der Waals surface area contributed by atoms with Crippen LogP contribution in [-0.2, 0) is 0 Å². The van der Waals surface area contributed by atoms with Gasteiger partial charge in [-0.05, 0) is 89.3 Å². The van der Waals surface area contributed by atoms with E-state index in [2.05, 4.69) is 163 Å². The maximum Gasteiger partial charge on any atom is 0.160 e. The van der Waals surface area contributed by atoms with Gasteiger partial charge in [-0.1, -0.05) is 164 Å². The van der Waals surface area contributed by atoms with Gasteiger partial charge in [0.15, 0.2) is 5.82 Å². The molecule has 0 aliphatic rings. The molecule has 0 aliphatic heterocycles. The Hall–Kier alpha value is -7.23. The Kier molecular flexibility index (Phi) is 7.81. The second kappa shape index (κ2) is 13.4. The number of nitrogens with zero attached hydrogens (tertiary/aromatic N) is 3. The van der Waals surface area contributed by atoms with Gasteiger partial charge in [0.2, 0.25) is 0 Å². The molecule has 0 aliphatic carbocycles. The van der Waals surface area contributed by atoms with E-state index in [1.807, 2.05) is 42.7 Å². The summed E-state index contributed by atoms with van der Waals surface area (Å²) in [7, 11) is 0. The summed E-state index contributed by atoms with van der Waals surface area (Å²) >= 11 is 0. The van der Waals surface area contributed by atoms with E-state index >= 15 is 0 Å². The molecule has 3 heteroatoms. The fourth-order valence-corrected chi connectivity index (χ4v) is 7.81. The smallest absolute Gasteiger partial charge is 0.160 e. The van der Waals surface area contributed by atoms with Crippen LogP contribution < -0.4 is 0 Å². The molecule has 3 nitrogen and oxygen atoms in total. The van der Waals surface area contributed by atoms with Crippen molar-refractivity contribution in [2.45, 2.75) is 0 Å². The van der Waals surface area contributed by atoms with Crippen LogP contribution in [0.3, 0.4) is 0 Å². The number of benzene rings is 7. The molecule has 2 aromatic heterocycles. The molecule has 0 radical (unpaired) electrons. The highest BCUT2D eigenvalue weighted by atomic mass is 14.9. The third-order valence-electron chi connectivity index (χ3n) is 10.4. The van der Waals surface area contributed by atoms with Gasteiger partial charge in [-0.2, -0.15) is 0 Å². The summed E-state index contributed by atoms with van der Waals surface area (Å²) in [5.41, 5.74) is 7.04. The zero-order valence-corrected chi connectivity index (χ0v) is 29.4. The van der Waals surface area contributed by atoms with Gasteiger partial charge in [0.05, 0.1) is 11.4 Å². The van der Waals surface area contributed by atoms with Crippen molar-refractivity contribution >= 4 is 53.9 Å². The molecule has 10 aromatic rings. The van der Waals surface area contributed by atoms with Crippen molar-refractivity contribution in [2.24, 2.45) is 0 Å². The molecule has 10 rings (SSSR count). The molecule has 0 amide bonds. The van der Waals surface area contributed by atoms with Crippen molar-refractivity contribution in [1.29, 1.82) is 0 Å². The van der Waals surface area contributed by atoms with E-state index in [-0.39, 0.29) is 0 Å². The average molecular weight is 688 g/mol. The molecule has 0 fully saturated rings. The first-order valence-electron chi connectivity index (χ1n) is 18.3. The van der Waals surface area contributed by atoms with Gasteiger partial charge < -0.3 is 0 Å². The van der Waals surface area contributed by atoms with E-state index in [9.17, 15) is 0 Å². The molecule has 0 N–H and O–H groups in total. The summed E-state index contributed by atoms with van der Waals surface area (Å²) in [6, 6.07) is 67.1. The molecule has 0 unspecified atom stereocenters. The lowest BCUT2D eigenvalue weighted by Crippen LogP contribution is -1.96. The monoisotopic (exact) mass is 687 g/mol. The minimum atomic E-state index is 0.692. The Labute approximate surface area is 313 Å². The minimum absolute atomic E-state index is 0.692. The molecular weight excluding hydrogens is 655 g/mol. The van der Waals surface area contributed by atoms with Crippen LogP contribution in [0.15, 0.2) is 200 Å². The molecule has 0 saturated heterocycles. The second-order valence-electron chi connectivity index (χ2n) is 13.6. The first-order chi connectivity index (χ1) is 26.8. The molecule has 0 saturated carbocycles. The van der Waals surface area contributed by atoms with Crippen LogP contribution >= 0.6 is 0 Å². The molecule has 2 heterocycles. The first-order valence-corrected chi connectivity index (χ1v) is 18.3. The van der Waals surface area contributed by atoms with Gasteiger partial charge >= 0.3 is 0 Å². The zero-order valence-electron chi connectivity index (χ0n) is 29.4. The summed E-state index contributed by atoms with van der Waals surface area (Å²) in [5.74, 6) is 0.692. The standard InChI is InChI=1S/C51H33N3/c1-2-12-37(13-3-1)51-53-49(36-24-22-34(23-25-36)35-28-30-52-31-29-35)33-50(54-51)38-26-27-47-45-20-9-8-18-43(45)41-16-5-4-14-39(41)40-15-6-7-17-42(40)44-19-10-11-21-46(44)48(47)32-38/h1-33H. The second-order valence-corrected chi connectivity index (χ2v) is 13.6. The van der Waals surface area contributed by atoms with Crippen LogP contribution in [0.25, 0.3) is 98.9 Å². The molecule has 0 spiro atoms. The first kappa shape index (κ1) is 31.5. The van der Waals surface area contributed by atoms with Crippen molar-refractivity contribution in [3.63, 3.8) is 0 Å². The topological polar surface area (TPSA) is 38.7 Å². The molecule has 8 aromatic carbocycles. The van der Waals surface area contributed by atoms with Crippen LogP contribution in [0.5, 0.6) is 0 Å². The number of hydrogen-bond acceptors (Lipinski definition) is 3. The highest BCUT2D eigenvalue weighted by Gasteiger charge is 2.14. The number of hydrogen-bond donors (Lipinski definition) is 0. The lowest BCUT2D eigenvalue weighted by atomic mass is 9.93. The summed E-state index contributed by atoms with van der Waals surface area (Å²) in [6.07, 6.45) is 3.65. The maximum absolute atomic E-state index is 5.24. The van der Waals surface area contributed by atoms with Crippen molar-refractivity contribution in [3.8, 4) is 45.0 Å². The van der Waals surface area contributed by atoms with Crippen molar-refractivity contribution in [2.75, 3.05) is 0 Å². The quantitative estimate of drug-likeness (QED) is 0.185. The van der Waals surface area contributed by atoms with Crippen LogP contribution in [0.2, 0.25) is 0 Å². The highest BCUT2D eigenvalue weighted by Crippen LogP contribution is 2.38. The Bertz CT molecular complexity index is 3010. The van der Waals surface area contributed by atoms with Crippen molar-refractivity contribution in [3.05, 3.63) is 200 Å². The number of rotatable bonds is 4. The third kappa shape index (κ3) is 5.60. The Morgan fingerprint density at radius 2 is 0.611 bits per heavy atom. The van der Waals surface area contributed by atoms with E-state index in [1.54, 1.807) is 0 Å². The molecular formula is C51H33N3. The Morgan fingerprint density at radius 3 is 1.11 bits per heavy atom. The third-order valence-corrected chi connectivity index (χ3v) is 10.4. The lowest BCUT2D eigenvalue weighted by Gasteiger charge is -2.12. The molecule has 0 bridgehead atoms. The zero-order chi connectivity index (χ0) is 35.8. The van der Waals surface area contributed by atoms with Gasteiger partial charge in [0.25, 0.3) is 0 Å². The lowest BCUT2D eigenvalue weighted by molar-refractivity contribution is 1.18. The molecule has 54 heavy (non-hydrogen) atoms. The predicted octanol–water partition coefficient (Wildman–Crippen LogP) is 13.4. The van der Waals surface area contributed by atoms with Gasteiger partial charge in [-0.3, -0.25) is 4.98 Å². The summed E-state index contributed by atoms with van der Waals surface area (Å²) in [6.45, 7) is 0. The molecule has 252 valence electrons. The Balaban J connectivity index is 1.28. The van der Waals surface area contributed by atoms with E-state index < -0.39 is 0 Å². The fraction of sp³-hybridized carbons (Fsp3) is 0. The van der Waals surface area contributed by atoms with Crippen molar-refractivity contribution < 1.29 is 0 Å². The SMILES string of the molecule is c1ccc(-c2nc(-c3ccc(-c4ccncc4)cc3)cc(-c3ccc4c5ccccc5c5ccccc5c5ccccc5c5ccccc5c4c3)n2)cc1. The van der Waals surface area contributed by atoms with Crippen molar-refractivity contribution in [1.82, 2.24) is 15.0 Å². The van der Waals surface area contributed by atoms with E-state index in [4.69, 9.17) is 9.97 Å². The minimum Gasteiger partial charge on any atom is -0.265 e. The van der Waals surface area contributed by atoms with E-state index in [0.29, 0.717) is 5.82 Å².